The van der Waals surface area contributed by atoms with Gasteiger partial charge >= 0.3 is 0 Å². The van der Waals surface area contributed by atoms with Gasteiger partial charge in [-0.2, -0.15) is 10.2 Å². The van der Waals surface area contributed by atoms with Gasteiger partial charge in [0.15, 0.2) is 0 Å². The molecule has 3 heteroatoms. The van der Waals surface area contributed by atoms with Crippen LogP contribution in [0.2, 0.25) is 0 Å². The second-order valence-corrected chi connectivity index (χ2v) is 2.57. The lowest BCUT2D eigenvalue weighted by Gasteiger charge is -2.22. The Labute approximate surface area is 49.0 Å². The minimum atomic E-state index is -0.0816. The van der Waals surface area contributed by atoms with Gasteiger partial charge in [0, 0.05) is 5.54 Å². The van der Waals surface area contributed by atoms with Gasteiger partial charge in [0.25, 0.3) is 0 Å². The molecule has 1 aliphatic rings. The molecule has 46 valence electrons. The smallest absolute Gasteiger partial charge is 0.0776 e. The fourth-order valence-corrected chi connectivity index (χ4v) is 0.667. The average molecular weight is 113 g/mol. The van der Waals surface area contributed by atoms with Crippen molar-refractivity contribution in [2.24, 2.45) is 16.0 Å². The van der Waals surface area contributed by atoms with Crippen molar-refractivity contribution in [2.45, 2.75) is 18.9 Å². The maximum atomic E-state index is 5.72. The van der Waals surface area contributed by atoms with Crippen LogP contribution < -0.4 is 5.73 Å². The Morgan fingerprint density at radius 1 is 1.50 bits per heavy atom. The summed E-state index contributed by atoms with van der Waals surface area (Å²) in [7, 11) is 0. The number of rotatable bonds is 0. The van der Waals surface area contributed by atoms with Crippen molar-refractivity contribution in [1.29, 1.82) is 0 Å². The fraction of sp³-hybridized carbons (Fsp3) is 1.00. The molecule has 3 nitrogen and oxygen atoms in total. The molecule has 1 unspecified atom stereocenters. The van der Waals surface area contributed by atoms with Crippen molar-refractivity contribution in [3.8, 4) is 0 Å². The van der Waals surface area contributed by atoms with E-state index in [1.54, 1.807) is 0 Å². The first-order chi connectivity index (χ1) is 3.71. The van der Waals surface area contributed by atoms with E-state index in [1.165, 1.54) is 0 Å². The van der Waals surface area contributed by atoms with Crippen molar-refractivity contribution in [2.75, 3.05) is 13.1 Å². The van der Waals surface area contributed by atoms with Gasteiger partial charge in [0.2, 0.25) is 0 Å². The molecule has 0 spiro atoms. The Bertz CT molecular complexity index is 106. The summed E-state index contributed by atoms with van der Waals surface area (Å²) in [6.45, 7) is 3.49. The first-order valence-corrected chi connectivity index (χ1v) is 2.83. The van der Waals surface area contributed by atoms with Gasteiger partial charge in [-0.3, -0.25) is 0 Å². The van der Waals surface area contributed by atoms with Crippen LogP contribution in [0.15, 0.2) is 10.2 Å². The molecule has 0 fully saturated rings. The summed E-state index contributed by atoms with van der Waals surface area (Å²) in [5.74, 6) is 0. The number of hydrogen-bond acceptors (Lipinski definition) is 3. The van der Waals surface area contributed by atoms with Crippen LogP contribution in [0.1, 0.15) is 13.3 Å². The van der Waals surface area contributed by atoms with Crippen molar-refractivity contribution in [3.05, 3.63) is 0 Å². The summed E-state index contributed by atoms with van der Waals surface area (Å²) in [6.07, 6.45) is 0.969. The molecule has 1 rings (SSSR count). The third kappa shape index (κ3) is 1.26. The highest BCUT2D eigenvalue weighted by atomic mass is 15.1. The molecule has 0 aromatic rings. The number of nitrogens with two attached hydrogens (primary N) is 1. The van der Waals surface area contributed by atoms with Crippen LogP contribution in [0, 0.1) is 0 Å². The fourth-order valence-electron chi connectivity index (χ4n) is 0.667. The van der Waals surface area contributed by atoms with Crippen LogP contribution in [-0.4, -0.2) is 18.6 Å². The summed E-state index contributed by atoms with van der Waals surface area (Å²) in [5, 5.41) is 7.65. The minimum absolute atomic E-state index is 0.0816. The molecule has 2 N–H and O–H groups in total. The topological polar surface area (TPSA) is 50.7 Å². The van der Waals surface area contributed by atoms with Crippen LogP contribution >= 0.6 is 0 Å². The lowest BCUT2D eigenvalue weighted by molar-refractivity contribution is 0.409. The average Bonchev–Trinajstić information content (AvgIpc) is 1.65. The molecule has 0 aromatic heterocycles. The Morgan fingerprint density at radius 2 is 2.25 bits per heavy atom. The standard InChI is InChI=1S/C5H11N3/c1-5(6)2-3-7-8-4-5/h2-4,6H2,1H3. The van der Waals surface area contributed by atoms with Gasteiger partial charge in [-0.05, 0) is 13.3 Å². The normalized spacial score (nSPS) is 37.8. The second-order valence-electron chi connectivity index (χ2n) is 2.57. The van der Waals surface area contributed by atoms with Crippen molar-refractivity contribution in [1.82, 2.24) is 0 Å². The van der Waals surface area contributed by atoms with Crippen LogP contribution in [0.5, 0.6) is 0 Å². The highest BCUT2D eigenvalue weighted by molar-refractivity contribution is 4.83. The Hall–Kier alpha value is -0.440. The van der Waals surface area contributed by atoms with Crippen molar-refractivity contribution >= 4 is 0 Å². The lowest BCUT2D eigenvalue weighted by atomic mass is 9.99. The molecule has 1 aliphatic heterocycles. The lowest BCUT2D eigenvalue weighted by Crippen LogP contribution is -2.41. The summed E-state index contributed by atoms with van der Waals surface area (Å²) in [4.78, 5) is 0. The second kappa shape index (κ2) is 1.82. The van der Waals surface area contributed by atoms with Crippen molar-refractivity contribution < 1.29 is 0 Å². The molecule has 1 heterocycles. The Morgan fingerprint density at radius 3 is 2.50 bits per heavy atom. The predicted octanol–water partition coefficient (Wildman–Crippen LogP) is 0.560. The van der Waals surface area contributed by atoms with E-state index in [-0.39, 0.29) is 5.54 Å². The summed E-state index contributed by atoms with van der Waals surface area (Å²) in [5.41, 5.74) is 5.64. The first-order valence-electron chi connectivity index (χ1n) is 2.83. The van der Waals surface area contributed by atoms with E-state index in [4.69, 9.17) is 5.73 Å². The quantitative estimate of drug-likeness (QED) is 0.490. The molecule has 0 radical (unpaired) electrons. The van der Waals surface area contributed by atoms with Crippen LogP contribution in [0.3, 0.4) is 0 Å². The highest BCUT2D eigenvalue weighted by Gasteiger charge is 2.19. The third-order valence-corrected chi connectivity index (χ3v) is 1.31. The zero-order valence-corrected chi connectivity index (χ0v) is 5.09. The van der Waals surface area contributed by atoms with Gasteiger partial charge in [0.1, 0.15) is 0 Å². The Balaban J connectivity index is 2.50. The van der Waals surface area contributed by atoms with Crippen LogP contribution in [-0.2, 0) is 0 Å². The number of nitrogens with zero attached hydrogens (tertiary/aromatic N) is 2. The van der Waals surface area contributed by atoms with E-state index in [0.29, 0.717) is 6.54 Å². The zero-order chi connectivity index (χ0) is 6.04. The zero-order valence-electron chi connectivity index (χ0n) is 5.09. The molecule has 0 saturated carbocycles. The maximum absolute atomic E-state index is 5.72. The summed E-state index contributed by atoms with van der Waals surface area (Å²) >= 11 is 0. The minimum Gasteiger partial charge on any atom is -0.324 e. The molecule has 1 atom stereocenters. The third-order valence-electron chi connectivity index (χ3n) is 1.31. The molecular weight excluding hydrogens is 102 g/mol. The largest absolute Gasteiger partial charge is 0.324 e. The monoisotopic (exact) mass is 113 g/mol. The molecule has 0 bridgehead atoms. The Kier molecular flexibility index (Phi) is 1.29. The van der Waals surface area contributed by atoms with Gasteiger partial charge in [-0.25, -0.2) is 0 Å². The van der Waals surface area contributed by atoms with E-state index < -0.39 is 0 Å². The van der Waals surface area contributed by atoms with E-state index in [1.807, 2.05) is 6.92 Å². The molecule has 0 aliphatic carbocycles. The van der Waals surface area contributed by atoms with Crippen LogP contribution in [0.25, 0.3) is 0 Å². The van der Waals surface area contributed by atoms with E-state index >= 15 is 0 Å². The van der Waals surface area contributed by atoms with Gasteiger partial charge in [0.05, 0.1) is 13.1 Å². The highest BCUT2D eigenvalue weighted by Crippen LogP contribution is 2.10. The van der Waals surface area contributed by atoms with Crippen molar-refractivity contribution in [3.63, 3.8) is 0 Å². The van der Waals surface area contributed by atoms with E-state index in [0.717, 1.165) is 13.0 Å². The maximum Gasteiger partial charge on any atom is 0.0776 e. The number of hydrogen-bond donors (Lipinski definition) is 1. The van der Waals surface area contributed by atoms with E-state index in [2.05, 4.69) is 10.2 Å². The molecule has 0 saturated heterocycles. The first kappa shape index (κ1) is 5.69. The molecule has 0 amide bonds. The van der Waals surface area contributed by atoms with Gasteiger partial charge < -0.3 is 5.73 Å². The van der Waals surface area contributed by atoms with E-state index in [9.17, 15) is 0 Å². The summed E-state index contributed by atoms with van der Waals surface area (Å²) < 4.78 is 0. The number of azo groups is 1. The predicted molar refractivity (Wildman–Crippen MR) is 31.8 cm³/mol. The molecule has 8 heavy (non-hydrogen) atoms. The summed E-state index contributed by atoms with van der Waals surface area (Å²) in [6, 6.07) is 0. The molecular formula is C5H11N3. The van der Waals surface area contributed by atoms with Gasteiger partial charge in [-0.15, -0.1) is 0 Å². The van der Waals surface area contributed by atoms with Gasteiger partial charge in [-0.1, -0.05) is 0 Å². The molecule has 0 aromatic carbocycles. The SMILES string of the molecule is CC1(N)CCN=NC1. The van der Waals surface area contributed by atoms with Crippen LogP contribution in [0.4, 0.5) is 0 Å².